The lowest BCUT2D eigenvalue weighted by atomic mass is 9.64. The van der Waals surface area contributed by atoms with Crippen LogP contribution in [-0.4, -0.2) is 11.1 Å². The first kappa shape index (κ1) is 13.0. The SMILES string of the molecule is CC(C)(F)c1ccc(F)c(C2(C(=O)O)CCC2)c1. The number of carbonyl (C=O) groups is 1. The third kappa shape index (κ3) is 1.89. The van der Waals surface area contributed by atoms with Gasteiger partial charge in [0.05, 0.1) is 5.41 Å². The van der Waals surface area contributed by atoms with Crippen LogP contribution in [0.15, 0.2) is 18.2 Å². The van der Waals surface area contributed by atoms with Gasteiger partial charge >= 0.3 is 5.97 Å². The van der Waals surface area contributed by atoms with Gasteiger partial charge in [0.15, 0.2) is 0 Å². The summed E-state index contributed by atoms with van der Waals surface area (Å²) in [7, 11) is 0. The lowest BCUT2D eigenvalue weighted by Crippen LogP contribution is -2.43. The first-order valence-electron chi connectivity index (χ1n) is 6.00. The summed E-state index contributed by atoms with van der Waals surface area (Å²) in [6.07, 6.45) is 1.58. The average molecular weight is 254 g/mol. The molecule has 0 heterocycles. The lowest BCUT2D eigenvalue weighted by molar-refractivity contribution is -0.147. The van der Waals surface area contributed by atoms with Gasteiger partial charge in [0.2, 0.25) is 0 Å². The topological polar surface area (TPSA) is 37.3 Å². The number of benzene rings is 1. The van der Waals surface area contributed by atoms with Crippen molar-refractivity contribution >= 4 is 5.97 Å². The maximum Gasteiger partial charge on any atom is 0.314 e. The Morgan fingerprint density at radius 1 is 1.39 bits per heavy atom. The van der Waals surface area contributed by atoms with Crippen LogP contribution >= 0.6 is 0 Å². The average Bonchev–Trinajstić information content (AvgIpc) is 2.16. The van der Waals surface area contributed by atoms with E-state index < -0.39 is 22.9 Å². The molecule has 2 rings (SSSR count). The highest BCUT2D eigenvalue weighted by Gasteiger charge is 2.47. The van der Waals surface area contributed by atoms with Gasteiger partial charge in [-0.2, -0.15) is 0 Å². The fraction of sp³-hybridized carbons (Fsp3) is 0.500. The van der Waals surface area contributed by atoms with Crippen molar-refractivity contribution in [3.63, 3.8) is 0 Å². The van der Waals surface area contributed by atoms with Crippen molar-refractivity contribution in [3.05, 3.63) is 35.1 Å². The zero-order chi connectivity index (χ0) is 13.6. The quantitative estimate of drug-likeness (QED) is 0.895. The molecule has 0 aromatic heterocycles. The minimum absolute atomic E-state index is 0.115. The van der Waals surface area contributed by atoms with Crippen molar-refractivity contribution in [2.75, 3.05) is 0 Å². The minimum atomic E-state index is -1.61. The predicted molar refractivity (Wildman–Crippen MR) is 63.7 cm³/mol. The van der Waals surface area contributed by atoms with E-state index in [4.69, 9.17) is 0 Å². The molecule has 2 nitrogen and oxygen atoms in total. The van der Waals surface area contributed by atoms with Gasteiger partial charge in [0.25, 0.3) is 0 Å². The minimum Gasteiger partial charge on any atom is -0.481 e. The maximum absolute atomic E-state index is 13.9. The molecular formula is C14H16F2O2. The van der Waals surface area contributed by atoms with Gasteiger partial charge in [-0.3, -0.25) is 4.79 Å². The van der Waals surface area contributed by atoms with Crippen molar-refractivity contribution in [1.82, 2.24) is 0 Å². The van der Waals surface area contributed by atoms with Crippen LogP contribution in [0.25, 0.3) is 0 Å². The number of carboxylic acid groups (broad SMARTS) is 1. The number of hydrogen-bond acceptors (Lipinski definition) is 1. The molecule has 1 saturated carbocycles. The fourth-order valence-electron chi connectivity index (χ4n) is 2.39. The third-order valence-corrected chi connectivity index (χ3v) is 3.78. The summed E-state index contributed by atoms with van der Waals surface area (Å²) < 4.78 is 27.7. The van der Waals surface area contributed by atoms with Gasteiger partial charge in [-0.25, -0.2) is 8.78 Å². The first-order chi connectivity index (χ1) is 8.27. The summed E-state index contributed by atoms with van der Waals surface area (Å²) >= 11 is 0. The van der Waals surface area contributed by atoms with Crippen LogP contribution in [0.4, 0.5) is 8.78 Å². The molecule has 0 unspecified atom stereocenters. The summed E-state index contributed by atoms with van der Waals surface area (Å²) in [6.45, 7) is 2.75. The molecule has 1 aliphatic carbocycles. The Labute approximate surface area is 105 Å². The molecule has 0 saturated heterocycles. The molecule has 0 spiro atoms. The molecule has 0 amide bonds. The summed E-state index contributed by atoms with van der Waals surface area (Å²) in [6, 6.07) is 3.89. The molecule has 0 aliphatic heterocycles. The van der Waals surface area contributed by atoms with E-state index in [1.54, 1.807) is 0 Å². The lowest BCUT2D eigenvalue weighted by Gasteiger charge is -2.38. The van der Waals surface area contributed by atoms with Gasteiger partial charge in [-0.05, 0) is 44.4 Å². The number of hydrogen-bond donors (Lipinski definition) is 1. The summed E-state index contributed by atoms with van der Waals surface area (Å²) in [5, 5.41) is 9.29. The molecule has 1 N–H and O–H groups in total. The molecule has 1 fully saturated rings. The maximum atomic E-state index is 13.9. The standard InChI is InChI=1S/C14H16F2O2/c1-13(2,16)9-4-5-11(15)10(8-9)14(12(17)18)6-3-7-14/h4-5,8H,3,6-7H2,1-2H3,(H,17,18). The van der Waals surface area contributed by atoms with E-state index in [1.165, 1.54) is 26.0 Å². The van der Waals surface area contributed by atoms with Crippen molar-refractivity contribution in [3.8, 4) is 0 Å². The molecule has 0 atom stereocenters. The number of alkyl halides is 1. The van der Waals surface area contributed by atoms with E-state index in [0.717, 1.165) is 12.5 Å². The Kier molecular flexibility index (Phi) is 2.92. The van der Waals surface area contributed by atoms with Crippen molar-refractivity contribution in [1.29, 1.82) is 0 Å². The highest BCUT2D eigenvalue weighted by Crippen LogP contribution is 2.45. The predicted octanol–water partition coefficient (Wildman–Crippen LogP) is 3.54. The molecule has 4 heteroatoms. The first-order valence-corrected chi connectivity index (χ1v) is 6.00. The fourth-order valence-corrected chi connectivity index (χ4v) is 2.39. The molecule has 0 radical (unpaired) electrons. The molecule has 1 aromatic carbocycles. The summed E-state index contributed by atoms with van der Waals surface area (Å²) in [5.74, 6) is -1.59. The van der Waals surface area contributed by atoms with E-state index in [2.05, 4.69) is 0 Å². The number of halogens is 2. The van der Waals surface area contributed by atoms with Gasteiger partial charge in [-0.1, -0.05) is 12.5 Å². The van der Waals surface area contributed by atoms with E-state index in [1.807, 2.05) is 0 Å². The second-order valence-corrected chi connectivity index (χ2v) is 5.41. The third-order valence-electron chi connectivity index (χ3n) is 3.78. The van der Waals surface area contributed by atoms with E-state index >= 15 is 0 Å². The zero-order valence-electron chi connectivity index (χ0n) is 10.5. The van der Waals surface area contributed by atoms with Crippen molar-refractivity contribution in [2.24, 2.45) is 0 Å². The van der Waals surface area contributed by atoms with Crippen LogP contribution in [0.1, 0.15) is 44.2 Å². The second kappa shape index (κ2) is 4.04. The van der Waals surface area contributed by atoms with Crippen LogP contribution in [0.3, 0.4) is 0 Å². The highest BCUT2D eigenvalue weighted by molar-refractivity contribution is 5.82. The molecule has 1 aromatic rings. The number of aliphatic carboxylic acids is 1. The van der Waals surface area contributed by atoms with Crippen LogP contribution in [0, 0.1) is 5.82 Å². The number of carboxylic acids is 1. The van der Waals surface area contributed by atoms with Gasteiger partial charge in [0.1, 0.15) is 11.5 Å². The van der Waals surface area contributed by atoms with Crippen LogP contribution in [0.5, 0.6) is 0 Å². The van der Waals surface area contributed by atoms with Gasteiger partial charge < -0.3 is 5.11 Å². The van der Waals surface area contributed by atoms with Crippen LogP contribution in [-0.2, 0) is 15.9 Å². The molecular weight excluding hydrogens is 238 g/mol. The van der Waals surface area contributed by atoms with Gasteiger partial charge in [0, 0.05) is 5.56 Å². The Bertz CT molecular complexity index is 485. The molecule has 98 valence electrons. The molecule has 18 heavy (non-hydrogen) atoms. The highest BCUT2D eigenvalue weighted by atomic mass is 19.1. The zero-order valence-corrected chi connectivity index (χ0v) is 10.5. The Hall–Kier alpha value is -1.45. The smallest absolute Gasteiger partial charge is 0.314 e. The van der Waals surface area contributed by atoms with Crippen molar-refractivity contribution < 1.29 is 18.7 Å². The van der Waals surface area contributed by atoms with E-state index in [0.29, 0.717) is 18.4 Å². The van der Waals surface area contributed by atoms with Crippen molar-refractivity contribution in [2.45, 2.75) is 44.2 Å². The Morgan fingerprint density at radius 3 is 2.39 bits per heavy atom. The summed E-state index contributed by atoms with van der Waals surface area (Å²) in [4.78, 5) is 11.4. The number of rotatable bonds is 3. The molecule has 0 bridgehead atoms. The summed E-state index contributed by atoms with van der Waals surface area (Å²) in [5.41, 5.74) is -2.34. The largest absolute Gasteiger partial charge is 0.481 e. The second-order valence-electron chi connectivity index (χ2n) is 5.41. The normalized spacial score (nSPS) is 18.2. The van der Waals surface area contributed by atoms with Crippen LogP contribution in [0.2, 0.25) is 0 Å². The van der Waals surface area contributed by atoms with E-state index in [9.17, 15) is 18.7 Å². The monoisotopic (exact) mass is 254 g/mol. The van der Waals surface area contributed by atoms with E-state index in [-0.39, 0.29) is 5.56 Å². The van der Waals surface area contributed by atoms with Crippen LogP contribution < -0.4 is 0 Å². The Balaban J connectivity index is 2.53. The molecule has 1 aliphatic rings. The van der Waals surface area contributed by atoms with Gasteiger partial charge in [-0.15, -0.1) is 0 Å². The Morgan fingerprint density at radius 2 is 2.00 bits per heavy atom.